The van der Waals surface area contributed by atoms with E-state index in [4.69, 9.17) is 5.11 Å². The van der Waals surface area contributed by atoms with Crippen molar-refractivity contribution in [3.8, 4) is 0 Å². The first-order valence-corrected chi connectivity index (χ1v) is 6.48. The maximum Gasteiger partial charge on any atom is 0.325 e. The molecular formula is C12H13F2NO3S. The zero-order chi connectivity index (χ0) is 14.4. The Labute approximate surface area is 113 Å². The number of rotatable bonds is 6. The molecule has 0 saturated heterocycles. The van der Waals surface area contributed by atoms with Crippen LogP contribution >= 0.6 is 11.8 Å². The van der Waals surface area contributed by atoms with E-state index in [9.17, 15) is 18.4 Å². The summed E-state index contributed by atoms with van der Waals surface area (Å²) in [6.45, 7) is 1.36. The van der Waals surface area contributed by atoms with Crippen LogP contribution in [0.2, 0.25) is 0 Å². The Morgan fingerprint density at radius 1 is 1.37 bits per heavy atom. The molecule has 0 fully saturated rings. The summed E-state index contributed by atoms with van der Waals surface area (Å²) < 4.78 is 25.6. The monoisotopic (exact) mass is 289 g/mol. The molecule has 7 heteroatoms. The van der Waals surface area contributed by atoms with Gasteiger partial charge in [0.05, 0.1) is 0 Å². The number of carboxylic acids is 1. The van der Waals surface area contributed by atoms with Gasteiger partial charge in [-0.2, -0.15) is 0 Å². The maximum absolute atomic E-state index is 12.9. The normalized spacial score (nSPS) is 11.9. The van der Waals surface area contributed by atoms with Gasteiger partial charge in [0.15, 0.2) is 11.6 Å². The summed E-state index contributed by atoms with van der Waals surface area (Å²) >= 11 is 1.19. The summed E-state index contributed by atoms with van der Waals surface area (Å²) in [4.78, 5) is 22.4. The molecule has 0 saturated carbocycles. The number of aliphatic carboxylic acids is 1. The Morgan fingerprint density at radius 2 is 2.05 bits per heavy atom. The third kappa shape index (κ3) is 5.25. The molecule has 0 aliphatic rings. The van der Waals surface area contributed by atoms with Gasteiger partial charge < -0.3 is 10.4 Å². The van der Waals surface area contributed by atoms with E-state index < -0.39 is 29.6 Å². The Balaban J connectivity index is 2.35. The molecule has 0 radical (unpaired) electrons. The van der Waals surface area contributed by atoms with Crippen molar-refractivity contribution in [1.29, 1.82) is 0 Å². The molecule has 104 valence electrons. The highest BCUT2D eigenvalue weighted by Gasteiger charge is 2.13. The van der Waals surface area contributed by atoms with Crippen molar-refractivity contribution in [3.05, 3.63) is 29.8 Å². The van der Waals surface area contributed by atoms with E-state index >= 15 is 0 Å². The Kier molecular flexibility index (Phi) is 5.75. The van der Waals surface area contributed by atoms with Crippen molar-refractivity contribution in [1.82, 2.24) is 5.32 Å². The van der Waals surface area contributed by atoms with E-state index in [2.05, 4.69) is 5.32 Å². The lowest BCUT2D eigenvalue weighted by atomic mass is 10.3. The second-order valence-electron chi connectivity index (χ2n) is 3.80. The number of carboxylic acid groups (broad SMARTS) is 1. The number of halogens is 2. The first-order valence-electron chi connectivity index (χ1n) is 5.50. The molecule has 1 rings (SSSR count). The van der Waals surface area contributed by atoms with E-state index in [1.807, 2.05) is 0 Å². The lowest BCUT2D eigenvalue weighted by Crippen LogP contribution is -2.38. The van der Waals surface area contributed by atoms with Crippen molar-refractivity contribution >= 4 is 23.6 Å². The first kappa shape index (κ1) is 15.4. The molecule has 2 N–H and O–H groups in total. The molecule has 4 nitrogen and oxygen atoms in total. The molecule has 1 aromatic carbocycles. The summed E-state index contributed by atoms with van der Waals surface area (Å²) in [7, 11) is 0. The van der Waals surface area contributed by atoms with Gasteiger partial charge in [-0.1, -0.05) is 0 Å². The van der Waals surface area contributed by atoms with E-state index in [-0.39, 0.29) is 6.42 Å². The quantitative estimate of drug-likeness (QED) is 0.786. The molecule has 0 aromatic heterocycles. The van der Waals surface area contributed by atoms with Gasteiger partial charge in [0, 0.05) is 17.1 Å². The Bertz CT molecular complexity index is 482. The number of amides is 1. The summed E-state index contributed by atoms with van der Waals surface area (Å²) in [5, 5.41) is 10.9. The van der Waals surface area contributed by atoms with Crippen LogP contribution in [0.4, 0.5) is 8.78 Å². The van der Waals surface area contributed by atoms with Crippen molar-refractivity contribution in [2.24, 2.45) is 0 Å². The number of benzene rings is 1. The minimum atomic E-state index is -1.11. The van der Waals surface area contributed by atoms with Crippen LogP contribution in [0.25, 0.3) is 0 Å². The van der Waals surface area contributed by atoms with Crippen molar-refractivity contribution in [2.45, 2.75) is 24.3 Å². The Morgan fingerprint density at radius 3 is 2.63 bits per heavy atom. The van der Waals surface area contributed by atoms with Gasteiger partial charge >= 0.3 is 5.97 Å². The van der Waals surface area contributed by atoms with Crippen molar-refractivity contribution in [2.75, 3.05) is 5.75 Å². The van der Waals surface area contributed by atoms with Gasteiger partial charge in [0.1, 0.15) is 6.04 Å². The molecule has 0 heterocycles. The largest absolute Gasteiger partial charge is 0.480 e. The average Bonchev–Trinajstić information content (AvgIpc) is 2.33. The molecule has 1 amide bonds. The number of carbonyl (C=O) groups is 2. The average molecular weight is 289 g/mol. The van der Waals surface area contributed by atoms with Gasteiger partial charge in [-0.15, -0.1) is 11.8 Å². The topological polar surface area (TPSA) is 66.4 Å². The zero-order valence-electron chi connectivity index (χ0n) is 10.2. The predicted octanol–water partition coefficient (Wildman–Crippen LogP) is 2.04. The van der Waals surface area contributed by atoms with Crippen molar-refractivity contribution < 1.29 is 23.5 Å². The number of carbonyl (C=O) groups excluding carboxylic acids is 1. The predicted molar refractivity (Wildman–Crippen MR) is 66.9 cm³/mol. The summed E-state index contributed by atoms with van der Waals surface area (Å²) in [6, 6.07) is 2.55. The summed E-state index contributed by atoms with van der Waals surface area (Å²) in [5.41, 5.74) is 0. The molecule has 0 unspecified atom stereocenters. The van der Waals surface area contributed by atoms with E-state index in [1.165, 1.54) is 24.8 Å². The lowest BCUT2D eigenvalue weighted by molar-refractivity contribution is -0.141. The summed E-state index contributed by atoms with van der Waals surface area (Å²) in [5.74, 6) is -3.01. The van der Waals surface area contributed by atoms with Crippen LogP contribution in [0.3, 0.4) is 0 Å². The van der Waals surface area contributed by atoms with Gasteiger partial charge in [-0.05, 0) is 25.1 Å². The smallest absolute Gasteiger partial charge is 0.325 e. The lowest BCUT2D eigenvalue weighted by Gasteiger charge is -2.08. The molecular weight excluding hydrogens is 276 g/mol. The van der Waals surface area contributed by atoms with Crippen LogP contribution in [0.1, 0.15) is 13.3 Å². The van der Waals surface area contributed by atoms with Crippen LogP contribution in [-0.4, -0.2) is 28.8 Å². The first-order chi connectivity index (χ1) is 8.90. The van der Waals surface area contributed by atoms with Gasteiger partial charge in [-0.3, -0.25) is 9.59 Å². The highest BCUT2D eigenvalue weighted by molar-refractivity contribution is 7.99. The molecule has 0 aliphatic carbocycles. The van der Waals surface area contributed by atoms with E-state index in [0.717, 1.165) is 12.1 Å². The fourth-order valence-electron chi connectivity index (χ4n) is 1.20. The maximum atomic E-state index is 12.9. The van der Waals surface area contributed by atoms with Gasteiger partial charge in [0.25, 0.3) is 0 Å². The van der Waals surface area contributed by atoms with Crippen LogP contribution < -0.4 is 5.32 Å². The summed E-state index contributed by atoms with van der Waals surface area (Å²) in [6.07, 6.45) is 0.0985. The second-order valence-corrected chi connectivity index (χ2v) is 4.97. The third-order valence-corrected chi connectivity index (χ3v) is 3.23. The number of hydrogen-bond donors (Lipinski definition) is 2. The van der Waals surface area contributed by atoms with E-state index in [0.29, 0.717) is 10.6 Å². The fraction of sp³-hybridized carbons (Fsp3) is 0.333. The molecule has 0 aliphatic heterocycles. The minimum absolute atomic E-state index is 0.0985. The second kappa shape index (κ2) is 7.08. The zero-order valence-corrected chi connectivity index (χ0v) is 11.0. The molecule has 0 bridgehead atoms. The van der Waals surface area contributed by atoms with Gasteiger partial charge in [0.2, 0.25) is 5.91 Å². The third-order valence-electron chi connectivity index (χ3n) is 2.24. The Hall–Kier alpha value is -1.63. The fourth-order valence-corrected chi connectivity index (χ4v) is 2.08. The van der Waals surface area contributed by atoms with Crippen LogP contribution in [-0.2, 0) is 9.59 Å². The number of nitrogens with one attached hydrogen (secondary N) is 1. The van der Waals surface area contributed by atoms with Crippen molar-refractivity contribution in [3.63, 3.8) is 0 Å². The number of thioether (sulfide) groups is 1. The number of hydrogen-bond acceptors (Lipinski definition) is 3. The molecule has 19 heavy (non-hydrogen) atoms. The SMILES string of the molecule is C[C@H](NC(=O)CCSc1ccc(F)c(F)c1)C(=O)O. The van der Waals surface area contributed by atoms with Gasteiger partial charge in [-0.25, -0.2) is 8.78 Å². The highest BCUT2D eigenvalue weighted by atomic mass is 32.2. The van der Waals surface area contributed by atoms with Crippen LogP contribution in [0, 0.1) is 11.6 Å². The highest BCUT2D eigenvalue weighted by Crippen LogP contribution is 2.20. The minimum Gasteiger partial charge on any atom is -0.480 e. The molecule has 1 aromatic rings. The molecule has 1 atom stereocenters. The van der Waals surface area contributed by atoms with Crippen LogP contribution in [0.5, 0.6) is 0 Å². The van der Waals surface area contributed by atoms with Crippen LogP contribution in [0.15, 0.2) is 23.1 Å². The van der Waals surface area contributed by atoms with E-state index in [1.54, 1.807) is 0 Å². The molecule has 0 spiro atoms. The standard InChI is InChI=1S/C12H13F2NO3S/c1-7(12(17)18)15-11(16)4-5-19-8-2-3-9(13)10(14)6-8/h2-3,6-7H,4-5H2,1H3,(H,15,16)(H,17,18)/t7-/m0/s1.